The fourth-order valence-electron chi connectivity index (χ4n) is 2.34. The third-order valence-corrected chi connectivity index (χ3v) is 3.62. The standard InChI is InChI=1S/C13H12ClN3O3/c14-11-6-3-5-10(12(11)17(19)20)13(18)16-7-2-1-4-9(16)8-15/h3,5-6,9H,1-2,4,7H2. The molecule has 0 aromatic heterocycles. The van der Waals surface area contributed by atoms with E-state index in [1.54, 1.807) is 0 Å². The first-order valence-corrected chi connectivity index (χ1v) is 6.57. The molecule has 1 aliphatic heterocycles. The Morgan fingerprint density at radius 1 is 1.50 bits per heavy atom. The summed E-state index contributed by atoms with van der Waals surface area (Å²) in [4.78, 5) is 24.2. The van der Waals surface area contributed by atoms with Crippen molar-refractivity contribution < 1.29 is 9.72 Å². The fourth-order valence-corrected chi connectivity index (χ4v) is 2.58. The number of piperidine rings is 1. The van der Waals surface area contributed by atoms with Crippen LogP contribution < -0.4 is 0 Å². The minimum Gasteiger partial charge on any atom is -0.322 e. The van der Waals surface area contributed by atoms with E-state index in [4.69, 9.17) is 16.9 Å². The van der Waals surface area contributed by atoms with Crippen molar-refractivity contribution in [3.05, 3.63) is 38.9 Å². The average Bonchev–Trinajstić information content (AvgIpc) is 2.45. The highest BCUT2D eigenvalue weighted by Crippen LogP contribution is 2.30. The second kappa shape index (κ2) is 5.88. The molecular weight excluding hydrogens is 282 g/mol. The second-order valence-electron chi connectivity index (χ2n) is 4.53. The van der Waals surface area contributed by atoms with Crippen LogP contribution in [0, 0.1) is 21.4 Å². The molecule has 1 saturated heterocycles. The van der Waals surface area contributed by atoms with Crippen molar-refractivity contribution in [2.24, 2.45) is 0 Å². The maximum Gasteiger partial charge on any atom is 0.300 e. The number of amides is 1. The molecule has 1 unspecified atom stereocenters. The number of nitriles is 1. The number of para-hydroxylation sites is 1. The number of carbonyl (C=O) groups is 1. The molecule has 0 N–H and O–H groups in total. The van der Waals surface area contributed by atoms with Gasteiger partial charge in [0, 0.05) is 6.54 Å². The summed E-state index contributed by atoms with van der Waals surface area (Å²) in [6, 6.07) is 5.77. The number of likely N-dealkylation sites (tertiary alicyclic amines) is 1. The van der Waals surface area contributed by atoms with Crippen LogP contribution in [0.4, 0.5) is 5.69 Å². The Morgan fingerprint density at radius 2 is 2.25 bits per heavy atom. The van der Waals surface area contributed by atoms with Gasteiger partial charge in [-0.3, -0.25) is 14.9 Å². The lowest BCUT2D eigenvalue weighted by molar-refractivity contribution is -0.385. The maximum absolute atomic E-state index is 12.5. The molecule has 1 aromatic carbocycles. The highest BCUT2D eigenvalue weighted by molar-refractivity contribution is 6.33. The summed E-state index contributed by atoms with van der Waals surface area (Å²) in [5.41, 5.74) is -0.467. The van der Waals surface area contributed by atoms with Crippen molar-refractivity contribution in [3.8, 4) is 6.07 Å². The molecule has 6 nitrogen and oxygen atoms in total. The van der Waals surface area contributed by atoms with Crippen LogP contribution in [0.3, 0.4) is 0 Å². The monoisotopic (exact) mass is 293 g/mol. The Labute approximate surface area is 120 Å². The first-order chi connectivity index (χ1) is 9.56. The van der Waals surface area contributed by atoms with Gasteiger partial charge in [0.25, 0.3) is 5.91 Å². The SMILES string of the molecule is N#CC1CCCCN1C(=O)c1cccc(Cl)c1[N+](=O)[O-]. The summed E-state index contributed by atoms with van der Waals surface area (Å²) in [5, 5.41) is 20.1. The normalized spacial score (nSPS) is 18.4. The molecular formula is C13H12ClN3O3. The Hall–Kier alpha value is -2.13. The number of benzene rings is 1. The predicted octanol–water partition coefficient (Wildman–Crippen LogP) is 2.77. The molecule has 1 aliphatic rings. The third kappa shape index (κ3) is 2.58. The van der Waals surface area contributed by atoms with E-state index in [0.717, 1.165) is 12.8 Å². The molecule has 1 atom stereocenters. The molecule has 104 valence electrons. The number of carbonyl (C=O) groups excluding carboxylic acids is 1. The van der Waals surface area contributed by atoms with Gasteiger partial charge >= 0.3 is 5.69 Å². The summed E-state index contributed by atoms with van der Waals surface area (Å²) >= 11 is 5.80. The lowest BCUT2D eigenvalue weighted by atomic mass is 10.0. The highest BCUT2D eigenvalue weighted by atomic mass is 35.5. The van der Waals surface area contributed by atoms with Crippen LogP contribution in [0.15, 0.2) is 18.2 Å². The van der Waals surface area contributed by atoms with Gasteiger partial charge in [-0.25, -0.2) is 0 Å². The van der Waals surface area contributed by atoms with Crippen LogP contribution in [0.5, 0.6) is 0 Å². The second-order valence-corrected chi connectivity index (χ2v) is 4.94. The number of hydrogen-bond acceptors (Lipinski definition) is 4. The Kier molecular flexibility index (Phi) is 4.20. The molecule has 0 spiro atoms. The van der Waals surface area contributed by atoms with Crippen LogP contribution >= 0.6 is 11.6 Å². The van der Waals surface area contributed by atoms with Crippen molar-refractivity contribution in [1.82, 2.24) is 4.90 Å². The van der Waals surface area contributed by atoms with Gasteiger partial charge in [-0.15, -0.1) is 0 Å². The minimum atomic E-state index is -0.666. The molecule has 20 heavy (non-hydrogen) atoms. The lowest BCUT2D eigenvalue weighted by Gasteiger charge is -2.31. The molecule has 1 fully saturated rings. The third-order valence-electron chi connectivity index (χ3n) is 3.31. The van der Waals surface area contributed by atoms with E-state index in [0.29, 0.717) is 13.0 Å². The van der Waals surface area contributed by atoms with Gasteiger partial charge in [0.2, 0.25) is 0 Å². The smallest absolute Gasteiger partial charge is 0.300 e. The zero-order valence-electron chi connectivity index (χ0n) is 10.6. The van der Waals surface area contributed by atoms with E-state index >= 15 is 0 Å². The summed E-state index contributed by atoms with van der Waals surface area (Å²) in [6.45, 7) is 0.431. The number of nitro groups is 1. The molecule has 7 heteroatoms. The molecule has 1 aromatic rings. The first-order valence-electron chi connectivity index (χ1n) is 6.19. The van der Waals surface area contributed by atoms with E-state index in [1.807, 2.05) is 0 Å². The molecule has 1 heterocycles. The molecule has 0 radical (unpaired) electrons. The van der Waals surface area contributed by atoms with Crippen molar-refractivity contribution in [3.63, 3.8) is 0 Å². The van der Waals surface area contributed by atoms with Gasteiger partial charge < -0.3 is 4.90 Å². The summed E-state index contributed by atoms with van der Waals surface area (Å²) in [6.07, 6.45) is 2.26. The Bertz CT molecular complexity index is 597. The van der Waals surface area contributed by atoms with E-state index < -0.39 is 22.6 Å². The van der Waals surface area contributed by atoms with Crippen molar-refractivity contribution in [2.75, 3.05) is 6.54 Å². The van der Waals surface area contributed by atoms with Crippen LogP contribution in [0.25, 0.3) is 0 Å². The van der Waals surface area contributed by atoms with E-state index in [1.165, 1.54) is 23.1 Å². The zero-order chi connectivity index (χ0) is 14.7. The lowest BCUT2D eigenvalue weighted by Crippen LogP contribution is -2.43. The first kappa shape index (κ1) is 14.3. The zero-order valence-corrected chi connectivity index (χ0v) is 11.3. The number of halogens is 1. The molecule has 0 saturated carbocycles. The summed E-state index contributed by atoms with van der Waals surface area (Å²) < 4.78 is 0. The van der Waals surface area contributed by atoms with Gasteiger partial charge in [-0.2, -0.15) is 5.26 Å². The van der Waals surface area contributed by atoms with Gasteiger partial charge in [-0.1, -0.05) is 17.7 Å². The van der Waals surface area contributed by atoms with Gasteiger partial charge in [0.1, 0.15) is 16.6 Å². The van der Waals surface area contributed by atoms with Gasteiger partial charge in [0.15, 0.2) is 0 Å². The highest BCUT2D eigenvalue weighted by Gasteiger charge is 2.32. The van der Waals surface area contributed by atoms with Crippen LogP contribution in [-0.2, 0) is 0 Å². The van der Waals surface area contributed by atoms with Crippen molar-refractivity contribution in [2.45, 2.75) is 25.3 Å². The quantitative estimate of drug-likeness (QED) is 0.619. The molecule has 2 rings (SSSR count). The van der Waals surface area contributed by atoms with Crippen molar-refractivity contribution >= 4 is 23.2 Å². The van der Waals surface area contributed by atoms with Crippen molar-refractivity contribution in [1.29, 1.82) is 5.26 Å². The topological polar surface area (TPSA) is 87.2 Å². The minimum absolute atomic E-state index is 0.0651. The van der Waals surface area contributed by atoms with Crippen LogP contribution in [-0.4, -0.2) is 28.3 Å². The average molecular weight is 294 g/mol. The van der Waals surface area contributed by atoms with Crippen LogP contribution in [0.2, 0.25) is 5.02 Å². The number of rotatable bonds is 2. The number of nitro benzene ring substituents is 1. The van der Waals surface area contributed by atoms with E-state index in [-0.39, 0.29) is 10.6 Å². The summed E-state index contributed by atoms with van der Waals surface area (Å²) in [7, 11) is 0. The molecule has 0 bridgehead atoms. The largest absolute Gasteiger partial charge is 0.322 e. The number of nitrogens with zero attached hydrogens (tertiary/aromatic N) is 3. The summed E-state index contributed by atoms with van der Waals surface area (Å²) in [5.74, 6) is -0.509. The Morgan fingerprint density at radius 3 is 2.90 bits per heavy atom. The molecule has 0 aliphatic carbocycles. The van der Waals surface area contributed by atoms with E-state index in [9.17, 15) is 14.9 Å². The van der Waals surface area contributed by atoms with Gasteiger partial charge in [0.05, 0.1) is 11.0 Å². The number of hydrogen-bond donors (Lipinski definition) is 0. The molecule has 1 amide bonds. The van der Waals surface area contributed by atoms with Crippen LogP contribution in [0.1, 0.15) is 29.6 Å². The van der Waals surface area contributed by atoms with E-state index in [2.05, 4.69) is 6.07 Å². The Balaban J connectivity index is 2.41. The maximum atomic E-state index is 12.5. The fraction of sp³-hybridized carbons (Fsp3) is 0.385. The van der Waals surface area contributed by atoms with Gasteiger partial charge in [-0.05, 0) is 31.4 Å². The predicted molar refractivity (Wildman–Crippen MR) is 72.4 cm³/mol.